The minimum Gasteiger partial charge on any atom is -0.493 e. The molecule has 0 unspecified atom stereocenters. The van der Waals surface area contributed by atoms with Gasteiger partial charge in [-0.05, 0) is 30.7 Å². The van der Waals surface area contributed by atoms with E-state index in [0.717, 1.165) is 5.56 Å². The molecule has 0 spiro atoms. The van der Waals surface area contributed by atoms with E-state index in [4.69, 9.17) is 27.4 Å². The molecule has 0 atom stereocenters. The zero-order valence-electron chi connectivity index (χ0n) is 10.7. The standard InChI is InChI=1S/C14H14N2O2S/c1-9-6-7-11(12(8-9)17-2)18-13-5-3-4-10(16-13)14(15)19/h3-8H,1-2H3,(H2,15,19). The zero-order chi connectivity index (χ0) is 13.8. The lowest BCUT2D eigenvalue weighted by Crippen LogP contribution is -2.11. The largest absolute Gasteiger partial charge is 0.493 e. The van der Waals surface area contributed by atoms with Crippen molar-refractivity contribution in [1.29, 1.82) is 0 Å². The lowest BCUT2D eigenvalue weighted by atomic mass is 10.2. The number of ether oxygens (including phenoxy) is 2. The Balaban J connectivity index is 2.30. The van der Waals surface area contributed by atoms with Crippen molar-refractivity contribution in [2.24, 2.45) is 5.73 Å². The average molecular weight is 274 g/mol. The Labute approximate surface area is 117 Å². The van der Waals surface area contributed by atoms with Gasteiger partial charge in [0.1, 0.15) is 10.7 Å². The molecular weight excluding hydrogens is 260 g/mol. The summed E-state index contributed by atoms with van der Waals surface area (Å²) >= 11 is 4.89. The maximum absolute atomic E-state index is 5.69. The van der Waals surface area contributed by atoms with Crippen LogP contribution < -0.4 is 15.2 Å². The molecule has 1 aromatic carbocycles. The highest BCUT2D eigenvalue weighted by atomic mass is 32.1. The van der Waals surface area contributed by atoms with E-state index in [1.54, 1.807) is 25.3 Å². The Kier molecular flexibility index (Phi) is 3.97. The molecule has 0 radical (unpaired) electrons. The molecule has 0 bridgehead atoms. The summed E-state index contributed by atoms with van der Waals surface area (Å²) in [5, 5.41) is 0. The van der Waals surface area contributed by atoms with Crippen LogP contribution in [0.1, 0.15) is 11.3 Å². The molecular formula is C14H14N2O2S. The van der Waals surface area contributed by atoms with Gasteiger partial charge in [0.15, 0.2) is 11.5 Å². The molecule has 0 amide bonds. The first-order valence-electron chi connectivity index (χ1n) is 5.69. The molecule has 0 saturated carbocycles. The second-order valence-electron chi connectivity index (χ2n) is 3.98. The molecule has 98 valence electrons. The van der Waals surface area contributed by atoms with Crippen LogP contribution in [0, 0.1) is 6.92 Å². The fourth-order valence-corrected chi connectivity index (χ4v) is 1.69. The van der Waals surface area contributed by atoms with Crippen LogP contribution in [0.3, 0.4) is 0 Å². The Bertz CT molecular complexity index is 614. The minimum absolute atomic E-state index is 0.237. The number of nitrogens with zero attached hydrogens (tertiary/aromatic N) is 1. The first-order chi connectivity index (χ1) is 9.10. The predicted octanol–water partition coefficient (Wildman–Crippen LogP) is 2.83. The number of hydrogen-bond donors (Lipinski definition) is 1. The summed E-state index contributed by atoms with van der Waals surface area (Å²) < 4.78 is 11.0. The van der Waals surface area contributed by atoms with Crippen molar-refractivity contribution in [1.82, 2.24) is 4.98 Å². The van der Waals surface area contributed by atoms with Gasteiger partial charge < -0.3 is 15.2 Å². The highest BCUT2D eigenvalue weighted by Gasteiger charge is 2.07. The Morgan fingerprint density at radius 1 is 1.21 bits per heavy atom. The molecule has 0 aliphatic heterocycles. The van der Waals surface area contributed by atoms with Crippen molar-refractivity contribution in [2.45, 2.75) is 6.92 Å². The number of rotatable bonds is 4. The van der Waals surface area contributed by atoms with Gasteiger partial charge in [-0.15, -0.1) is 0 Å². The van der Waals surface area contributed by atoms with Crippen LogP contribution in [0.15, 0.2) is 36.4 Å². The van der Waals surface area contributed by atoms with Gasteiger partial charge in [-0.25, -0.2) is 4.98 Å². The maximum Gasteiger partial charge on any atom is 0.220 e. The van der Waals surface area contributed by atoms with E-state index in [2.05, 4.69) is 4.98 Å². The molecule has 1 heterocycles. The predicted molar refractivity (Wildman–Crippen MR) is 77.9 cm³/mol. The SMILES string of the molecule is COc1cc(C)ccc1Oc1cccc(C(N)=S)n1. The van der Waals surface area contributed by atoms with Gasteiger partial charge in [0.25, 0.3) is 0 Å². The maximum atomic E-state index is 5.69. The summed E-state index contributed by atoms with van der Waals surface area (Å²) in [5.74, 6) is 1.68. The summed E-state index contributed by atoms with van der Waals surface area (Å²) in [6, 6.07) is 10.9. The second kappa shape index (κ2) is 5.67. The number of benzene rings is 1. The highest BCUT2D eigenvalue weighted by Crippen LogP contribution is 2.31. The summed E-state index contributed by atoms with van der Waals surface area (Å²) in [5.41, 5.74) is 7.16. The Hall–Kier alpha value is -2.14. The van der Waals surface area contributed by atoms with Crippen LogP contribution in [0.25, 0.3) is 0 Å². The van der Waals surface area contributed by atoms with E-state index in [9.17, 15) is 0 Å². The molecule has 2 aromatic rings. The molecule has 0 aliphatic carbocycles. The van der Waals surface area contributed by atoms with Gasteiger partial charge in [0, 0.05) is 6.07 Å². The quantitative estimate of drug-likeness (QED) is 0.869. The van der Waals surface area contributed by atoms with Gasteiger partial charge in [0.2, 0.25) is 5.88 Å². The van der Waals surface area contributed by atoms with Gasteiger partial charge in [-0.2, -0.15) is 0 Å². The fraction of sp³-hybridized carbons (Fsp3) is 0.143. The molecule has 2 N–H and O–H groups in total. The smallest absolute Gasteiger partial charge is 0.220 e. The van der Waals surface area contributed by atoms with E-state index in [1.807, 2.05) is 25.1 Å². The summed E-state index contributed by atoms with van der Waals surface area (Å²) in [4.78, 5) is 4.46. The van der Waals surface area contributed by atoms with E-state index >= 15 is 0 Å². The van der Waals surface area contributed by atoms with Crippen molar-refractivity contribution in [2.75, 3.05) is 7.11 Å². The van der Waals surface area contributed by atoms with Gasteiger partial charge >= 0.3 is 0 Å². The number of nitrogens with two attached hydrogens (primary N) is 1. The second-order valence-corrected chi connectivity index (χ2v) is 4.42. The molecule has 0 aliphatic rings. The molecule has 1 aromatic heterocycles. The van der Waals surface area contributed by atoms with Crippen LogP contribution in [-0.4, -0.2) is 17.1 Å². The van der Waals surface area contributed by atoms with Crippen LogP contribution in [0.5, 0.6) is 17.4 Å². The number of thiocarbonyl (C=S) groups is 1. The van der Waals surface area contributed by atoms with Gasteiger partial charge in [-0.3, -0.25) is 0 Å². The van der Waals surface area contributed by atoms with Crippen molar-refractivity contribution in [3.05, 3.63) is 47.7 Å². The summed E-state index contributed by atoms with van der Waals surface area (Å²) in [6.45, 7) is 1.98. The van der Waals surface area contributed by atoms with E-state index in [1.165, 1.54) is 0 Å². The van der Waals surface area contributed by atoms with Crippen LogP contribution in [0.4, 0.5) is 0 Å². The fourth-order valence-electron chi connectivity index (χ4n) is 1.58. The van der Waals surface area contributed by atoms with Crippen LogP contribution in [-0.2, 0) is 0 Å². The number of aryl methyl sites for hydroxylation is 1. The number of pyridine rings is 1. The lowest BCUT2D eigenvalue weighted by molar-refractivity contribution is 0.374. The summed E-state index contributed by atoms with van der Waals surface area (Å²) in [7, 11) is 1.60. The molecule has 4 nitrogen and oxygen atoms in total. The molecule has 5 heteroatoms. The molecule has 2 rings (SSSR count). The van der Waals surface area contributed by atoms with Crippen molar-refractivity contribution < 1.29 is 9.47 Å². The number of aromatic nitrogens is 1. The van der Waals surface area contributed by atoms with Crippen molar-refractivity contribution >= 4 is 17.2 Å². The number of methoxy groups -OCH3 is 1. The third-order valence-electron chi connectivity index (χ3n) is 2.51. The van der Waals surface area contributed by atoms with Gasteiger partial charge in [0.05, 0.1) is 7.11 Å². The highest BCUT2D eigenvalue weighted by molar-refractivity contribution is 7.80. The monoisotopic (exact) mass is 274 g/mol. The van der Waals surface area contributed by atoms with Crippen molar-refractivity contribution in [3.63, 3.8) is 0 Å². The van der Waals surface area contributed by atoms with E-state index in [-0.39, 0.29) is 4.99 Å². The van der Waals surface area contributed by atoms with E-state index < -0.39 is 0 Å². The first-order valence-corrected chi connectivity index (χ1v) is 6.10. The third-order valence-corrected chi connectivity index (χ3v) is 2.72. The molecule has 19 heavy (non-hydrogen) atoms. The topological polar surface area (TPSA) is 57.4 Å². The van der Waals surface area contributed by atoms with Gasteiger partial charge in [-0.1, -0.05) is 24.4 Å². The first kappa shape index (κ1) is 13.3. The molecule has 0 saturated heterocycles. The normalized spacial score (nSPS) is 10.0. The number of hydrogen-bond acceptors (Lipinski definition) is 4. The zero-order valence-corrected chi connectivity index (χ0v) is 11.5. The minimum atomic E-state index is 0.237. The summed E-state index contributed by atoms with van der Waals surface area (Å²) in [6.07, 6.45) is 0. The van der Waals surface area contributed by atoms with Crippen molar-refractivity contribution in [3.8, 4) is 17.4 Å². The Morgan fingerprint density at radius 2 is 2.00 bits per heavy atom. The third kappa shape index (κ3) is 3.20. The van der Waals surface area contributed by atoms with E-state index in [0.29, 0.717) is 23.1 Å². The molecule has 0 fully saturated rings. The Morgan fingerprint density at radius 3 is 2.68 bits per heavy atom. The average Bonchev–Trinajstić information content (AvgIpc) is 2.41. The van der Waals surface area contributed by atoms with Crippen LogP contribution >= 0.6 is 12.2 Å². The lowest BCUT2D eigenvalue weighted by Gasteiger charge is -2.10. The van der Waals surface area contributed by atoms with Crippen LogP contribution in [0.2, 0.25) is 0 Å².